The van der Waals surface area contributed by atoms with E-state index in [9.17, 15) is 0 Å². The van der Waals surface area contributed by atoms with Crippen LogP contribution < -0.4 is 0 Å². The average molecular weight is 267 g/mol. The van der Waals surface area contributed by atoms with Crippen LogP contribution in [-0.2, 0) is 0 Å². The van der Waals surface area contributed by atoms with Crippen LogP contribution in [0.15, 0.2) is 0 Å². The summed E-state index contributed by atoms with van der Waals surface area (Å²) in [6, 6.07) is 0. The first-order valence-corrected chi connectivity index (χ1v) is 8.58. The van der Waals surface area contributed by atoms with Crippen LogP contribution in [0.2, 0.25) is 0 Å². The van der Waals surface area contributed by atoms with Gasteiger partial charge in [-0.25, -0.2) is 0 Å². The fourth-order valence-corrected chi connectivity index (χ4v) is 6.25. The lowest BCUT2D eigenvalue weighted by Crippen LogP contribution is -2.48. The Hall–Kier alpha value is 0. The Balaban J connectivity index is 3.50. The van der Waals surface area contributed by atoms with Crippen molar-refractivity contribution in [1.29, 1.82) is 0 Å². The molecular weight excluding hydrogens is 228 g/mol. The zero-order valence-electron chi connectivity index (χ0n) is 15.1. The highest BCUT2D eigenvalue weighted by molar-refractivity contribution is 5.17. The van der Waals surface area contributed by atoms with Gasteiger partial charge in [-0.05, 0) is 53.3 Å². The molecule has 0 nitrogen and oxygen atoms in total. The van der Waals surface area contributed by atoms with Crippen LogP contribution in [0.25, 0.3) is 0 Å². The highest BCUT2D eigenvalue weighted by Crippen LogP contribution is 2.76. The van der Waals surface area contributed by atoms with Gasteiger partial charge in [0.05, 0.1) is 0 Å². The van der Waals surface area contributed by atoms with Crippen molar-refractivity contribution in [3.63, 3.8) is 0 Å². The summed E-state index contributed by atoms with van der Waals surface area (Å²) in [5, 5.41) is 0. The quantitative estimate of drug-likeness (QED) is 0.520. The Kier molecular flexibility index (Phi) is 4.56. The normalized spacial score (nSPS) is 42.0. The van der Waals surface area contributed by atoms with Gasteiger partial charge in [0.25, 0.3) is 0 Å². The monoisotopic (exact) mass is 266 g/mol. The van der Waals surface area contributed by atoms with E-state index in [1.165, 1.54) is 32.1 Å². The molecule has 1 aliphatic rings. The topological polar surface area (TPSA) is 0 Å². The number of rotatable bonds is 5. The minimum Gasteiger partial charge on any atom is -0.0654 e. The van der Waals surface area contributed by atoms with Crippen LogP contribution in [-0.4, -0.2) is 0 Å². The van der Waals surface area contributed by atoms with Gasteiger partial charge in [-0.1, -0.05) is 68.7 Å². The first-order valence-electron chi connectivity index (χ1n) is 8.58. The Bertz CT molecular complexity index is 314. The van der Waals surface area contributed by atoms with E-state index in [0.717, 1.165) is 5.92 Å². The van der Waals surface area contributed by atoms with E-state index >= 15 is 0 Å². The largest absolute Gasteiger partial charge is 0.0654 e. The molecule has 0 aliphatic heterocycles. The molecule has 3 atom stereocenters. The first-order chi connectivity index (χ1) is 8.58. The van der Waals surface area contributed by atoms with Crippen LogP contribution in [0.4, 0.5) is 0 Å². The van der Waals surface area contributed by atoms with Crippen molar-refractivity contribution in [1.82, 2.24) is 0 Å². The van der Waals surface area contributed by atoms with Crippen molar-refractivity contribution >= 4 is 0 Å². The fraction of sp³-hybridized carbons (Fsp3) is 1.00. The molecule has 0 saturated heterocycles. The fourth-order valence-electron chi connectivity index (χ4n) is 6.25. The Labute approximate surface area is 122 Å². The summed E-state index contributed by atoms with van der Waals surface area (Å²) in [6.45, 7) is 22.4. The molecule has 0 amide bonds. The molecular formula is C19H38. The molecule has 1 saturated carbocycles. The van der Waals surface area contributed by atoms with Crippen LogP contribution in [0.5, 0.6) is 0 Å². The minimum atomic E-state index is 0.460. The molecule has 0 radical (unpaired) electrons. The van der Waals surface area contributed by atoms with E-state index in [1.54, 1.807) is 0 Å². The van der Waals surface area contributed by atoms with Gasteiger partial charge in [0.2, 0.25) is 0 Å². The summed E-state index contributed by atoms with van der Waals surface area (Å²) >= 11 is 0. The van der Waals surface area contributed by atoms with Crippen molar-refractivity contribution < 1.29 is 0 Å². The van der Waals surface area contributed by atoms with E-state index in [2.05, 4.69) is 62.3 Å². The summed E-state index contributed by atoms with van der Waals surface area (Å²) < 4.78 is 0. The summed E-state index contributed by atoms with van der Waals surface area (Å²) in [5.41, 5.74) is 1.89. The van der Waals surface area contributed by atoms with Gasteiger partial charge in [0, 0.05) is 0 Å². The zero-order valence-corrected chi connectivity index (χ0v) is 15.1. The van der Waals surface area contributed by atoms with Gasteiger partial charge in [0.15, 0.2) is 0 Å². The number of hydrogen-bond acceptors (Lipinski definition) is 0. The molecule has 0 spiro atoms. The van der Waals surface area contributed by atoms with Gasteiger partial charge in [-0.15, -0.1) is 0 Å². The third-order valence-corrected chi connectivity index (χ3v) is 7.68. The Morgan fingerprint density at radius 1 is 0.895 bits per heavy atom. The minimum absolute atomic E-state index is 0.460. The van der Waals surface area contributed by atoms with E-state index in [4.69, 9.17) is 0 Å². The maximum absolute atomic E-state index is 2.61. The summed E-state index contributed by atoms with van der Waals surface area (Å²) in [7, 11) is 0. The van der Waals surface area contributed by atoms with Gasteiger partial charge >= 0.3 is 0 Å². The standard InChI is InChI=1S/C19H38/c1-10-13-19(12-3)16(6,7)14-17(8,15(4)5)18(19,9)11-2/h15H,10-14H2,1-9H3. The Morgan fingerprint density at radius 2 is 1.42 bits per heavy atom. The summed E-state index contributed by atoms with van der Waals surface area (Å²) in [6.07, 6.45) is 6.75. The van der Waals surface area contributed by atoms with Gasteiger partial charge in [0.1, 0.15) is 0 Å². The molecule has 0 aromatic rings. The second kappa shape index (κ2) is 5.08. The molecule has 114 valence electrons. The molecule has 0 bridgehead atoms. The van der Waals surface area contributed by atoms with Crippen LogP contribution in [0, 0.1) is 27.6 Å². The first kappa shape index (κ1) is 17.1. The Morgan fingerprint density at radius 3 is 1.74 bits per heavy atom. The van der Waals surface area contributed by atoms with Gasteiger partial charge < -0.3 is 0 Å². The lowest BCUT2D eigenvalue weighted by Gasteiger charge is -2.55. The molecule has 1 aliphatic carbocycles. The number of hydrogen-bond donors (Lipinski definition) is 0. The van der Waals surface area contributed by atoms with Crippen molar-refractivity contribution in [2.45, 2.75) is 94.4 Å². The smallest absolute Gasteiger partial charge is 0.0190 e. The van der Waals surface area contributed by atoms with E-state index in [0.29, 0.717) is 21.7 Å². The highest BCUT2D eigenvalue weighted by Gasteiger charge is 2.68. The summed E-state index contributed by atoms with van der Waals surface area (Å²) in [4.78, 5) is 0. The van der Waals surface area contributed by atoms with Crippen molar-refractivity contribution in [2.24, 2.45) is 27.6 Å². The van der Waals surface area contributed by atoms with Crippen molar-refractivity contribution in [2.75, 3.05) is 0 Å². The summed E-state index contributed by atoms with van der Waals surface area (Å²) in [5.74, 6) is 0.766. The molecule has 1 fully saturated rings. The SMILES string of the molecule is CCCC1(CC)C(C)(C)CC(C)(C(C)C)C1(C)CC. The van der Waals surface area contributed by atoms with Crippen LogP contribution in [0.1, 0.15) is 94.4 Å². The third-order valence-electron chi connectivity index (χ3n) is 7.68. The predicted octanol–water partition coefficient (Wildman–Crippen LogP) is 6.69. The van der Waals surface area contributed by atoms with Crippen molar-refractivity contribution in [3.05, 3.63) is 0 Å². The van der Waals surface area contributed by atoms with E-state index in [1.807, 2.05) is 0 Å². The molecule has 0 heterocycles. The van der Waals surface area contributed by atoms with E-state index < -0.39 is 0 Å². The molecule has 0 aromatic carbocycles. The second-order valence-electron chi connectivity index (χ2n) is 8.50. The van der Waals surface area contributed by atoms with Gasteiger partial charge in [-0.3, -0.25) is 0 Å². The zero-order chi connectivity index (χ0) is 15.1. The van der Waals surface area contributed by atoms with Gasteiger partial charge in [-0.2, -0.15) is 0 Å². The predicted molar refractivity (Wildman–Crippen MR) is 87.4 cm³/mol. The molecule has 19 heavy (non-hydrogen) atoms. The lowest BCUT2D eigenvalue weighted by atomic mass is 9.49. The van der Waals surface area contributed by atoms with Crippen LogP contribution in [0.3, 0.4) is 0 Å². The molecule has 0 heteroatoms. The maximum Gasteiger partial charge on any atom is -0.0190 e. The van der Waals surface area contributed by atoms with Crippen LogP contribution >= 0.6 is 0 Å². The molecule has 0 aromatic heterocycles. The molecule has 3 unspecified atom stereocenters. The lowest BCUT2D eigenvalue weighted by molar-refractivity contribution is -0.0702. The average Bonchev–Trinajstić information content (AvgIpc) is 2.46. The molecule has 0 N–H and O–H groups in total. The highest BCUT2D eigenvalue weighted by atomic mass is 14.7. The second-order valence-corrected chi connectivity index (χ2v) is 8.50. The van der Waals surface area contributed by atoms with Crippen molar-refractivity contribution in [3.8, 4) is 0 Å². The third kappa shape index (κ3) is 1.92. The van der Waals surface area contributed by atoms with E-state index in [-0.39, 0.29) is 0 Å². The maximum atomic E-state index is 2.61. The molecule has 1 rings (SSSR count).